The predicted molar refractivity (Wildman–Crippen MR) is 73.3 cm³/mol. The van der Waals surface area contributed by atoms with Crippen LogP contribution in [0.25, 0.3) is 0 Å². The average molecular weight is 245 g/mol. The van der Waals surface area contributed by atoms with Gasteiger partial charge in [0.05, 0.1) is 0 Å². The fourth-order valence-electron chi connectivity index (χ4n) is 1.84. The Morgan fingerprint density at radius 2 is 1.53 bits per heavy atom. The Bertz CT molecular complexity index is 156. The fraction of sp³-hybridized carbons (Fsp3) is 1.00. The van der Waals surface area contributed by atoms with Crippen molar-refractivity contribution in [2.75, 3.05) is 26.3 Å². The second-order valence-electron chi connectivity index (χ2n) is 4.64. The molecule has 0 N–H and O–H groups in total. The highest BCUT2D eigenvalue weighted by Gasteiger charge is 2.16. The van der Waals surface area contributed by atoms with Crippen molar-refractivity contribution in [1.82, 2.24) is 4.90 Å². The van der Waals surface area contributed by atoms with Crippen molar-refractivity contribution in [2.24, 2.45) is 0 Å². The van der Waals surface area contributed by atoms with Crippen LogP contribution in [0, 0.1) is 0 Å². The fourth-order valence-corrected chi connectivity index (χ4v) is 1.84. The van der Waals surface area contributed by atoms with Gasteiger partial charge < -0.3 is 9.47 Å². The quantitative estimate of drug-likeness (QED) is 0.412. The highest BCUT2D eigenvalue weighted by atomic mass is 16.7. The first-order chi connectivity index (χ1) is 8.15. The molecule has 0 heterocycles. The van der Waals surface area contributed by atoms with E-state index in [1.165, 1.54) is 19.3 Å². The first-order valence-corrected chi connectivity index (χ1v) is 7.12. The van der Waals surface area contributed by atoms with Crippen LogP contribution in [-0.4, -0.2) is 43.5 Å². The Labute approximate surface area is 107 Å². The van der Waals surface area contributed by atoms with Crippen LogP contribution < -0.4 is 0 Å². The first-order valence-electron chi connectivity index (χ1n) is 7.12. The van der Waals surface area contributed by atoms with Crippen LogP contribution in [-0.2, 0) is 9.47 Å². The standard InChI is InChI=1S/C14H31NO2/c1-6-9-10-11-15(13(4)5)12-14(16-7-2)17-8-3/h13-14H,6-12H2,1-5H3. The van der Waals surface area contributed by atoms with E-state index in [1.54, 1.807) is 0 Å². The van der Waals surface area contributed by atoms with Gasteiger partial charge in [-0.05, 0) is 40.7 Å². The summed E-state index contributed by atoms with van der Waals surface area (Å²) in [5, 5.41) is 0. The summed E-state index contributed by atoms with van der Waals surface area (Å²) in [6.45, 7) is 14.2. The van der Waals surface area contributed by atoms with Gasteiger partial charge in [0.25, 0.3) is 0 Å². The van der Waals surface area contributed by atoms with Gasteiger partial charge in [0.2, 0.25) is 0 Å². The molecule has 0 unspecified atom stereocenters. The Balaban J connectivity index is 4.08. The van der Waals surface area contributed by atoms with E-state index >= 15 is 0 Å². The second-order valence-corrected chi connectivity index (χ2v) is 4.64. The Morgan fingerprint density at radius 1 is 0.941 bits per heavy atom. The Kier molecular flexibility index (Phi) is 10.9. The zero-order valence-corrected chi connectivity index (χ0v) is 12.4. The number of nitrogens with zero attached hydrogens (tertiary/aromatic N) is 1. The molecule has 3 nitrogen and oxygen atoms in total. The number of ether oxygens (including phenoxy) is 2. The van der Waals surface area contributed by atoms with Crippen molar-refractivity contribution in [3.63, 3.8) is 0 Å². The minimum atomic E-state index is -0.0750. The van der Waals surface area contributed by atoms with Gasteiger partial charge in [0, 0.05) is 25.8 Å². The normalized spacial score (nSPS) is 12.0. The number of hydrogen-bond donors (Lipinski definition) is 0. The summed E-state index contributed by atoms with van der Waals surface area (Å²) >= 11 is 0. The highest BCUT2D eigenvalue weighted by Crippen LogP contribution is 2.07. The molecule has 0 aromatic rings. The van der Waals surface area contributed by atoms with Gasteiger partial charge in [0.1, 0.15) is 0 Å². The maximum absolute atomic E-state index is 5.61. The Morgan fingerprint density at radius 3 is 1.94 bits per heavy atom. The lowest BCUT2D eigenvalue weighted by Gasteiger charge is -2.30. The van der Waals surface area contributed by atoms with Crippen molar-refractivity contribution in [2.45, 2.75) is 66.2 Å². The van der Waals surface area contributed by atoms with Crippen molar-refractivity contribution in [3.8, 4) is 0 Å². The van der Waals surface area contributed by atoms with Crippen LogP contribution in [0.2, 0.25) is 0 Å². The molecule has 0 radical (unpaired) electrons. The van der Waals surface area contributed by atoms with Crippen LogP contribution in [0.1, 0.15) is 53.9 Å². The summed E-state index contributed by atoms with van der Waals surface area (Å²) in [5.74, 6) is 0. The van der Waals surface area contributed by atoms with Crippen LogP contribution in [0.4, 0.5) is 0 Å². The lowest BCUT2D eigenvalue weighted by atomic mass is 10.2. The zero-order valence-electron chi connectivity index (χ0n) is 12.4. The van der Waals surface area contributed by atoms with E-state index in [4.69, 9.17) is 9.47 Å². The van der Waals surface area contributed by atoms with E-state index in [9.17, 15) is 0 Å². The van der Waals surface area contributed by atoms with Gasteiger partial charge in [-0.25, -0.2) is 0 Å². The minimum absolute atomic E-state index is 0.0750. The molecule has 0 aliphatic heterocycles. The third-order valence-corrected chi connectivity index (χ3v) is 2.87. The van der Waals surface area contributed by atoms with Gasteiger partial charge in [-0.3, -0.25) is 4.90 Å². The van der Waals surface area contributed by atoms with E-state index in [2.05, 4.69) is 25.7 Å². The third-order valence-electron chi connectivity index (χ3n) is 2.87. The van der Waals surface area contributed by atoms with Crippen molar-refractivity contribution in [1.29, 1.82) is 0 Å². The largest absolute Gasteiger partial charge is 0.352 e. The summed E-state index contributed by atoms with van der Waals surface area (Å²) < 4.78 is 11.2. The molecule has 3 heteroatoms. The summed E-state index contributed by atoms with van der Waals surface area (Å²) in [6, 6.07) is 0.551. The molecule has 0 amide bonds. The molecule has 0 bridgehead atoms. The molecule has 0 aliphatic rings. The molecule has 104 valence electrons. The summed E-state index contributed by atoms with van der Waals surface area (Å²) in [7, 11) is 0. The molecule has 0 rings (SSSR count). The molecule has 0 fully saturated rings. The molecule has 0 aromatic heterocycles. The third kappa shape index (κ3) is 8.58. The highest BCUT2D eigenvalue weighted by molar-refractivity contribution is 4.65. The van der Waals surface area contributed by atoms with E-state index < -0.39 is 0 Å². The molecule has 0 aliphatic carbocycles. The second kappa shape index (κ2) is 11.0. The topological polar surface area (TPSA) is 21.7 Å². The van der Waals surface area contributed by atoms with Gasteiger partial charge in [-0.1, -0.05) is 19.8 Å². The average Bonchev–Trinajstić information content (AvgIpc) is 2.28. The molecule has 0 saturated heterocycles. The predicted octanol–water partition coefficient (Wildman–Crippen LogP) is 3.29. The smallest absolute Gasteiger partial charge is 0.170 e. The Hall–Kier alpha value is -0.120. The molecule has 0 spiro atoms. The van der Waals surface area contributed by atoms with Crippen LogP contribution >= 0.6 is 0 Å². The molecule has 0 aromatic carbocycles. The van der Waals surface area contributed by atoms with E-state index in [0.717, 1.165) is 13.1 Å². The molecule has 17 heavy (non-hydrogen) atoms. The van der Waals surface area contributed by atoms with E-state index in [0.29, 0.717) is 19.3 Å². The maximum atomic E-state index is 5.61. The number of unbranched alkanes of at least 4 members (excludes halogenated alkanes) is 2. The van der Waals surface area contributed by atoms with Gasteiger partial charge >= 0.3 is 0 Å². The number of rotatable bonds is 11. The van der Waals surface area contributed by atoms with Crippen LogP contribution in [0.5, 0.6) is 0 Å². The summed E-state index contributed by atoms with van der Waals surface area (Å²) in [6.07, 6.45) is 3.76. The van der Waals surface area contributed by atoms with Crippen molar-refractivity contribution >= 4 is 0 Å². The van der Waals surface area contributed by atoms with Crippen molar-refractivity contribution < 1.29 is 9.47 Å². The monoisotopic (exact) mass is 245 g/mol. The van der Waals surface area contributed by atoms with Gasteiger partial charge in [-0.2, -0.15) is 0 Å². The lowest BCUT2D eigenvalue weighted by Crippen LogP contribution is -2.40. The van der Waals surface area contributed by atoms with Crippen molar-refractivity contribution in [3.05, 3.63) is 0 Å². The van der Waals surface area contributed by atoms with Crippen LogP contribution in [0.3, 0.4) is 0 Å². The molecule has 0 saturated carbocycles. The zero-order chi connectivity index (χ0) is 13.1. The first kappa shape index (κ1) is 16.9. The van der Waals surface area contributed by atoms with E-state index in [-0.39, 0.29) is 6.29 Å². The van der Waals surface area contributed by atoms with Gasteiger partial charge in [-0.15, -0.1) is 0 Å². The molecule has 0 atom stereocenters. The molecular weight excluding hydrogens is 214 g/mol. The summed E-state index contributed by atoms with van der Waals surface area (Å²) in [5.41, 5.74) is 0. The number of hydrogen-bond acceptors (Lipinski definition) is 3. The van der Waals surface area contributed by atoms with Crippen LogP contribution in [0.15, 0.2) is 0 Å². The van der Waals surface area contributed by atoms with Gasteiger partial charge in [0.15, 0.2) is 6.29 Å². The lowest BCUT2D eigenvalue weighted by molar-refractivity contribution is -0.149. The molecular formula is C14H31NO2. The summed E-state index contributed by atoms with van der Waals surface area (Å²) in [4.78, 5) is 2.45. The van der Waals surface area contributed by atoms with E-state index in [1.807, 2.05) is 13.8 Å². The maximum Gasteiger partial charge on any atom is 0.170 e. The minimum Gasteiger partial charge on any atom is -0.352 e. The SMILES string of the molecule is CCCCCN(CC(OCC)OCC)C(C)C.